The third-order valence-corrected chi connectivity index (χ3v) is 7.85. The normalized spacial score (nSPS) is 15.9. The number of amides is 2. The third kappa shape index (κ3) is 4.62. The fourth-order valence-electron chi connectivity index (χ4n) is 5.24. The minimum absolute atomic E-state index is 0.105. The lowest BCUT2D eigenvalue weighted by Crippen LogP contribution is -2.29. The molecule has 2 aliphatic carbocycles. The van der Waals surface area contributed by atoms with Crippen molar-refractivity contribution in [2.75, 3.05) is 16.4 Å². The van der Waals surface area contributed by atoms with Gasteiger partial charge in [-0.2, -0.15) is 18.3 Å². The maximum Gasteiger partial charge on any atom is 0.400 e. The molecule has 0 radical (unpaired) electrons. The quantitative estimate of drug-likeness (QED) is 0.193. The van der Waals surface area contributed by atoms with Crippen LogP contribution in [-0.4, -0.2) is 36.4 Å². The molecule has 2 amide bonds. The monoisotopic (exact) mass is 594 g/mol. The molecule has 0 spiro atoms. The van der Waals surface area contributed by atoms with Crippen LogP contribution in [0.3, 0.4) is 0 Å². The first-order valence-corrected chi connectivity index (χ1v) is 13.5. The van der Waals surface area contributed by atoms with Crippen LogP contribution in [0.2, 0.25) is 0 Å². The number of hydrogen-bond donors (Lipinski definition) is 3. The van der Waals surface area contributed by atoms with Crippen molar-refractivity contribution in [1.82, 2.24) is 24.1 Å². The SMILES string of the molecule is Nc1nccn2c(C3CC3)nc(-c3ccc(NC(=O)Nc4cc(C5(C(F)(F)F)CC5)nn4-c4ccc(F)cc4)c(F)c3)c12. The molecule has 2 saturated carbocycles. The average molecular weight is 595 g/mol. The van der Waals surface area contributed by atoms with E-state index in [1.165, 1.54) is 24.3 Å². The van der Waals surface area contributed by atoms with Crippen molar-refractivity contribution in [3.8, 4) is 16.9 Å². The Balaban J connectivity index is 1.17. The van der Waals surface area contributed by atoms with E-state index < -0.39 is 29.3 Å². The van der Waals surface area contributed by atoms with E-state index in [-0.39, 0.29) is 47.5 Å². The fraction of sp³-hybridized carbons (Fsp3) is 0.241. The predicted molar refractivity (Wildman–Crippen MR) is 148 cm³/mol. The van der Waals surface area contributed by atoms with E-state index in [9.17, 15) is 22.4 Å². The molecule has 0 atom stereocenters. The number of nitrogens with zero attached hydrogens (tertiary/aromatic N) is 5. The number of carbonyl (C=O) groups excluding carboxylic acids is 1. The van der Waals surface area contributed by atoms with Crippen LogP contribution in [0.15, 0.2) is 60.9 Å². The molecule has 2 aliphatic rings. The Kier molecular flexibility index (Phi) is 5.94. The van der Waals surface area contributed by atoms with E-state index in [4.69, 9.17) is 10.7 Å². The molecular weight excluding hydrogens is 571 g/mol. The summed E-state index contributed by atoms with van der Waals surface area (Å²) in [5.74, 6) is -0.0845. The molecule has 0 aliphatic heterocycles. The van der Waals surface area contributed by atoms with Gasteiger partial charge in [-0.05, 0) is 62.1 Å². The zero-order valence-electron chi connectivity index (χ0n) is 22.3. The summed E-state index contributed by atoms with van der Waals surface area (Å²) in [5, 5.41) is 8.96. The van der Waals surface area contributed by atoms with Gasteiger partial charge < -0.3 is 11.1 Å². The molecule has 9 nitrogen and oxygen atoms in total. The zero-order chi connectivity index (χ0) is 30.1. The minimum Gasteiger partial charge on any atom is -0.382 e. The van der Waals surface area contributed by atoms with Gasteiger partial charge in [0.05, 0.1) is 17.1 Å². The highest BCUT2D eigenvalue weighted by atomic mass is 19.4. The van der Waals surface area contributed by atoms with Crippen molar-refractivity contribution in [2.24, 2.45) is 0 Å². The van der Waals surface area contributed by atoms with Crippen molar-refractivity contribution < 1.29 is 26.7 Å². The summed E-state index contributed by atoms with van der Waals surface area (Å²) in [7, 11) is 0. The summed E-state index contributed by atoms with van der Waals surface area (Å²) in [6, 6.07) is 9.22. The Morgan fingerprint density at radius 2 is 1.77 bits per heavy atom. The molecular formula is C29H23F5N8O. The number of urea groups is 1. The number of rotatable bonds is 6. The molecule has 43 heavy (non-hydrogen) atoms. The maximum absolute atomic E-state index is 15.3. The molecule has 3 aromatic heterocycles. The summed E-state index contributed by atoms with van der Waals surface area (Å²) in [6.45, 7) is 0. The van der Waals surface area contributed by atoms with Gasteiger partial charge in [0.1, 0.15) is 45.7 Å². The lowest BCUT2D eigenvalue weighted by molar-refractivity contribution is -0.161. The van der Waals surface area contributed by atoms with Crippen LogP contribution < -0.4 is 16.4 Å². The van der Waals surface area contributed by atoms with Gasteiger partial charge in [0, 0.05) is 29.9 Å². The van der Waals surface area contributed by atoms with Gasteiger partial charge in [0.2, 0.25) is 0 Å². The highest BCUT2D eigenvalue weighted by Crippen LogP contribution is 2.58. The van der Waals surface area contributed by atoms with Gasteiger partial charge >= 0.3 is 12.2 Å². The van der Waals surface area contributed by atoms with Crippen molar-refractivity contribution in [3.63, 3.8) is 0 Å². The summed E-state index contributed by atoms with van der Waals surface area (Å²) < 4.78 is 73.2. The van der Waals surface area contributed by atoms with Crippen LogP contribution >= 0.6 is 0 Å². The van der Waals surface area contributed by atoms with Gasteiger partial charge in [-0.1, -0.05) is 6.07 Å². The number of carbonyl (C=O) groups is 1. The van der Waals surface area contributed by atoms with E-state index >= 15 is 4.39 Å². The van der Waals surface area contributed by atoms with Crippen molar-refractivity contribution >= 4 is 28.9 Å². The topological polar surface area (TPSA) is 115 Å². The zero-order valence-corrected chi connectivity index (χ0v) is 22.3. The molecule has 0 saturated heterocycles. The number of nitrogens with one attached hydrogen (secondary N) is 2. The summed E-state index contributed by atoms with van der Waals surface area (Å²) in [5.41, 5.74) is 5.22. The lowest BCUT2D eigenvalue weighted by atomic mass is 10.0. The molecule has 14 heteroatoms. The first-order valence-electron chi connectivity index (χ1n) is 13.5. The number of benzene rings is 2. The summed E-state index contributed by atoms with van der Waals surface area (Å²) >= 11 is 0. The van der Waals surface area contributed by atoms with Gasteiger partial charge in [-0.15, -0.1) is 0 Å². The van der Waals surface area contributed by atoms with Crippen LogP contribution in [0.1, 0.15) is 43.1 Å². The van der Waals surface area contributed by atoms with Gasteiger partial charge in [-0.25, -0.2) is 28.2 Å². The number of halogens is 5. The second kappa shape index (κ2) is 9.51. The highest BCUT2D eigenvalue weighted by Gasteiger charge is 2.66. The molecule has 7 rings (SSSR count). The smallest absolute Gasteiger partial charge is 0.382 e. The van der Waals surface area contributed by atoms with E-state index in [1.54, 1.807) is 18.5 Å². The molecule has 3 heterocycles. The Morgan fingerprint density at radius 1 is 1.02 bits per heavy atom. The van der Waals surface area contributed by atoms with E-state index in [1.807, 2.05) is 4.40 Å². The van der Waals surface area contributed by atoms with Gasteiger partial charge in [0.25, 0.3) is 0 Å². The number of nitrogens with two attached hydrogens (primary N) is 1. The number of hydrogen-bond acceptors (Lipinski definition) is 5. The molecule has 5 aromatic rings. The Morgan fingerprint density at radius 3 is 2.42 bits per heavy atom. The number of aromatic nitrogens is 5. The second-order valence-corrected chi connectivity index (χ2v) is 10.8. The molecule has 0 bridgehead atoms. The standard InChI is InChI=1S/C29H23F5N8O/c30-17-4-6-18(7-5-17)42-22(14-21(40-42)28(9-10-28)29(32,33)34)38-27(43)37-20-8-3-16(13-19(20)31)23-24-25(35)36-11-12-41(24)26(39-23)15-1-2-15/h3-8,11-15H,1-2,9-10H2,(H2,35,36)(H2,37,38,43). The minimum atomic E-state index is -4.54. The van der Waals surface area contributed by atoms with Crippen molar-refractivity contribution in [3.05, 3.63) is 84.1 Å². The van der Waals surface area contributed by atoms with E-state index in [2.05, 4.69) is 20.7 Å². The second-order valence-electron chi connectivity index (χ2n) is 10.8. The van der Waals surface area contributed by atoms with E-state index in [0.717, 1.165) is 41.5 Å². The highest BCUT2D eigenvalue weighted by molar-refractivity contribution is 6.00. The van der Waals surface area contributed by atoms with Crippen LogP contribution in [0, 0.1) is 11.6 Å². The first-order chi connectivity index (χ1) is 20.5. The first kappa shape index (κ1) is 26.9. The molecule has 2 aromatic carbocycles. The van der Waals surface area contributed by atoms with Gasteiger partial charge in [0.15, 0.2) is 0 Å². The average Bonchev–Trinajstić information content (AvgIpc) is 3.89. The number of imidazole rings is 1. The van der Waals surface area contributed by atoms with Crippen LogP contribution in [-0.2, 0) is 5.41 Å². The summed E-state index contributed by atoms with van der Waals surface area (Å²) in [4.78, 5) is 21.8. The summed E-state index contributed by atoms with van der Waals surface area (Å²) in [6.07, 6.45) is 0.489. The van der Waals surface area contributed by atoms with Crippen molar-refractivity contribution in [1.29, 1.82) is 0 Å². The molecule has 4 N–H and O–H groups in total. The Labute approximate surface area is 240 Å². The third-order valence-electron chi connectivity index (χ3n) is 7.85. The Bertz CT molecular complexity index is 1890. The fourth-order valence-corrected chi connectivity index (χ4v) is 5.24. The molecule has 220 valence electrons. The van der Waals surface area contributed by atoms with Crippen LogP contribution in [0.25, 0.3) is 22.5 Å². The number of anilines is 3. The van der Waals surface area contributed by atoms with Crippen LogP contribution in [0.5, 0.6) is 0 Å². The van der Waals surface area contributed by atoms with Crippen molar-refractivity contribution in [2.45, 2.75) is 43.2 Å². The van der Waals surface area contributed by atoms with Gasteiger partial charge in [-0.3, -0.25) is 9.72 Å². The predicted octanol–water partition coefficient (Wildman–Crippen LogP) is 6.56. The van der Waals surface area contributed by atoms with E-state index in [0.29, 0.717) is 16.8 Å². The lowest BCUT2D eigenvalue weighted by Gasteiger charge is -2.16. The maximum atomic E-state index is 15.3. The largest absolute Gasteiger partial charge is 0.400 e. The Hall–Kier alpha value is -5.01. The molecule has 0 unspecified atom stereocenters. The number of nitrogen functional groups attached to an aromatic ring is 1. The molecule has 2 fully saturated rings. The number of fused-ring (bicyclic) bond motifs is 1. The number of alkyl halides is 3. The van der Waals surface area contributed by atoms with Crippen LogP contribution in [0.4, 0.5) is 44.1 Å².